The van der Waals surface area contributed by atoms with Gasteiger partial charge in [0.15, 0.2) is 0 Å². The third-order valence-corrected chi connectivity index (χ3v) is 4.39. The minimum atomic E-state index is -4.78. The first-order valence-corrected chi connectivity index (χ1v) is 8.52. The number of carbonyl (C=O) groups is 2. The number of carbonyl (C=O) groups excluding carboxylic acids is 2. The highest BCUT2D eigenvalue weighted by atomic mass is 19.4. The Morgan fingerprint density at radius 1 is 1.12 bits per heavy atom. The molecule has 0 bridgehead atoms. The van der Waals surface area contributed by atoms with E-state index >= 15 is 0 Å². The van der Waals surface area contributed by atoms with Crippen molar-refractivity contribution >= 4 is 17.6 Å². The van der Waals surface area contributed by atoms with Crippen LogP contribution in [-0.2, 0) is 4.79 Å². The van der Waals surface area contributed by atoms with Gasteiger partial charge in [-0.3, -0.25) is 4.79 Å². The van der Waals surface area contributed by atoms with Crippen LogP contribution in [0, 0.1) is 5.92 Å². The van der Waals surface area contributed by atoms with Gasteiger partial charge in [-0.2, -0.15) is 0 Å². The molecule has 0 unspecified atom stereocenters. The average Bonchev–Trinajstić information content (AvgIpc) is 3.38. The van der Waals surface area contributed by atoms with Gasteiger partial charge in [-0.15, -0.1) is 13.2 Å². The molecule has 3 rings (SSSR count). The van der Waals surface area contributed by atoms with Crippen LogP contribution in [0.25, 0.3) is 0 Å². The van der Waals surface area contributed by atoms with E-state index in [1.54, 1.807) is 0 Å². The van der Waals surface area contributed by atoms with Crippen LogP contribution in [0.2, 0.25) is 0 Å². The van der Waals surface area contributed by atoms with Crippen LogP contribution >= 0.6 is 0 Å². The third-order valence-electron chi connectivity index (χ3n) is 4.39. The largest absolute Gasteiger partial charge is 0.573 e. The molecule has 2 fully saturated rings. The van der Waals surface area contributed by atoms with Gasteiger partial charge in [0.1, 0.15) is 5.75 Å². The van der Waals surface area contributed by atoms with Crippen molar-refractivity contribution in [3.63, 3.8) is 0 Å². The zero-order valence-electron chi connectivity index (χ0n) is 14.0. The minimum absolute atomic E-state index is 0.0761. The molecule has 6 nitrogen and oxygen atoms in total. The van der Waals surface area contributed by atoms with Crippen LogP contribution in [0.3, 0.4) is 0 Å². The number of likely N-dealkylation sites (tertiary alicyclic amines) is 1. The Balaban J connectivity index is 1.46. The summed E-state index contributed by atoms with van der Waals surface area (Å²) in [5, 5.41) is 5.29. The van der Waals surface area contributed by atoms with Crippen LogP contribution < -0.4 is 15.4 Å². The van der Waals surface area contributed by atoms with Crippen LogP contribution in [0.5, 0.6) is 5.75 Å². The molecule has 0 spiro atoms. The van der Waals surface area contributed by atoms with Crippen LogP contribution in [-0.4, -0.2) is 42.3 Å². The van der Waals surface area contributed by atoms with Gasteiger partial charge in [0.2, 0.25) is 5.91 Å². The van der Waals surface area contributed by atoms with Gasteiger partial charge in [0, 0.05) is 36.8 Å². The molecule has 0 radical (unpaired) electrons. The number of rotatable bonds is 4. The standard InChI is InChI=1S/C17H20F3N3O3/c18-17(19,20)26-14-3-1-2-13(10-14)22-16(25)21-12-6-8-23(9-7-12)15(24)11-4-5-11/h1-3,10-12H,4-9H2,(H2,21,22,25). The number of amides is 3. The Morgan fingerprint density at radius 2 is 1.81 bits per heavy atom. The maximum atomic E-state index is 12.2. The fraction of sp³-hybridized carbons (Fsp3) is 0.529. The summed E-state index contributed by atoms with van der Waals surface area (Å²) in [4.78, 5) is 25.9. The molecule has 3 amide bonds. The quantitative estimate of drug-likeness (QED) is 0.854. The summed E-state index contributed by atoms with van der Waals surface area (Å²) in [7, 11) is 0. The summed E-state index contributed by atoms with van der Waals surface area (Å²) in [6, 6.07) is 4.51. The van der Waals surface area contributed by atoms with Gasteiger partial charge in [-0.1, -0.05) is 6.07 Å². The molecule has 1 aliphatic carbocycles. The second kappa shape index (κ2) is 7.43. The number of halogens is 3. The Morgan fingerprint density at radius 3 is 2.42 bits per heavy atom. The number of anilines is 1. The van der Waals surface area contributed by atoms with Crippen molar-refractivity contribution in [1.29, 1.82) is 0 Å². The summed E-state index contributed by atoms with van der Waals surface area (Å²) in [5.41, 5.74) is 0.200. The summed E-state index contributed by atoms with van der Waals surface area (Å²) in [6.45, 7) is 1.21. The molecular weight excluding hydrogens is 351 g/mol. The summed E-state index contributed by atoms with van der Waals surface area (Å²) < 4.78 is 40.5. The maximum absolute atomic E-state index is 12.2. The molecule has 142 valence electrons. The molecule has 0 aromatic heterocycles. The number of piperidine rings is 1. The van der Waals surface area contributed by atoms with Crippen molar-refractivity contribution in [3.8, 4) is 5.75 Å². The van der Waals surface area contributed by atoms with E-state index < -0.39 is 18.1 Å². The van der Waals surface area contributed by atoms with Crippen molar-refractivity contribution in [2.24, 2.45) is 5.92 Å². The number of nitrogens with zero attached hydrogens (tertiary/aromatic N) is 1. The van der Waals surface area contributed by atoms with Gasteiger partial charge in [0.05, 0.1) is 0 Å². The third kappa shape index (κ3) is 5.27. The maximum Gasteiger partial charge on any atom is 0.573 e. The molecule has 2 aliphatic rings. The van der Waals surface area contributed by atoms with Crippen molar-refractivity contribution in [3.05, 3.63) is 24.3 Å². The smallest absolute Gasteiger partial charge is 0.406 e. The first-order chi connectivity index (χ1) is 12.3. The lowest BCUT2D eigenvalue weighted by molar-refractivity contribution is -0.274. The van der Waals surface area contributed by atoms with Gasteiger partial charge >= 0.3 is 12.4 Å². The Hall–Kier alpha value is -2.45. The zero-order chi connectivity index (χ0) is 18.7. The highest BCUT2D eigenvalue weighted by Gasteiger charge is 2.35. The molecule has 26 heavy (non-hydrogen) atoms. The lowest BCUT2D eigenvalue weighted by Crippen LogP contribution is -2.47. The number of urea groups is 1. The Bertz CT molecular complexity index is 669. The van der Waals surface area contributed by atoms with Crippen molar-refractivity contribution < 1.29 is 27.5 Å². The molecule has 1 heterocycles. The molecule has 1 saturated carbocycles. The van der Waals surface area contributed by atoms with E-state index in [2.05, 4.69) is 15.4 Å². The number of hydrogen-bond acceptors (Lipinski definition) is 3. The summed E-state index contributed by atoms with van der Waals surface area (Å²) in [5.74, 6) is -0.00872. The van der Waals surface area contributed by atoms with Crippen molar-refractivity contribution in [1.82, 2.24) is 10.2 Å². The van der Waals surface area contributed by atoms with Crippen molar-refractivity contribution in [2.75, 3.05) is 18.4 Å². The second-order valence-corrected chi connectivity index (χ2v) is 6.55. The van der Waals surface area contributed by atoms with Gasteiger partial charge in [-0.25, -0.2) is 4.79 Å². The number of benzene rings is 1. The second-order valence-electron chi connectivity index (χ2n) is 6.55. The number of nitrogens with one attached hydrogen (secondary N) is 2. The van der Waals surface area contributed by atoms with E-state index in [0.717, 1.165) is 25.0 Å². The highest BCUT2D eigenvalue weighted by molar-refractivity contribution is 5.89. The van der Waals surface area contributed by atoms with E-state index in [1.165, 1.54) is 12.1 Å². The highest BCUT2D eigenvalue weighted by Crippen LogP contribution is 2.32. The fourth-order valence-electron chi connectivity index (χ4n) is 2.96. The van der Waals surface area contributed by atoms with Crippen LogP contribution in [0.1, 0.15) is 25.7 Å². The first kappa shape index (κ1) is 18.3. The molecule has 1 saturated heterocycles. The summed E-state index contributed by atoms with van der Waals surface area (Å²) >= 11 is 0. The van der Waals surface area contributed by atoms with Gasteiger partial charge in [-0.05, 0) is 37.8 Å². The zero-order valence-corrected chi connectivity index (χ0v) is 14.0. The number of hydrogen-bond donors (Lipinski definition) is 2. The fourth-order valence-corrected chi connectivity index (χ4v) is 2.96. The molecule has 1 aliphatic heterocycles. The lowest BCUT2D eigenvalue weighted by atomic mass is 10.0. The lowest BCUT2D eigenvalue weighted by Gasteiger charge is -2.32. The molecule has 2 N–H and O–H groups in total. The van der Waals surface area contributed by atoms with Crippen molar-refractivity contribution in [2.45, 2.75) is 38.1 Å². The summed E-state index contributed by atoms with van der Waals surface area (Å²) in [6.07, 6.45) is -1.54. The number of ether oxygens (including phenoxy) is 1. The monoisotopic (exact) mass is 371 g/mol. The molecule has 9 heteroatoms. The number of alkyl halides is 3. The predicted molar refractivity (Wildman–Crippen MR) is 87.6 cm³/mol. The Labute approximate surface area is 148 Å². The SMILES string of the molecule is O=C(Nc1cccc(OC(F)(F)F)c1)NC1CCN(C(=O)C2CC2)CC1. The molecular formula is C17H20F3N3O3. The van der Waals surface area contributed by atoms with E-state index in [4.69, 9.17) is 0 Å². The molecule has 1 aromatic rings. The van der Waals surface area contributed by atoms with Gasteiger partial charge in [0.25, 0.3) is 0 Å². The molecule has 1 aromatic carbocycles. The minimum Gasteiger partial charge on any atom is -0.406 e. The first-order valence-electron chi connectivity index (χ1n) is 8.52. The topological polar surface area (TPSA) is 70.7 Å². The average molecular weight is 371 g/mol. The van der Waals surface area contributed by atoms with Crippen LogP contribution in [0.15, 0.2) is 24.3 Å². The van der Waals surface area contributed by atoms with Crippen LogP contribution in [0.4, 0.5) is 23.7 Å². The Kier molecular flexibility index (Phi) is 5.24. The van der Waals surface area contributed by atoms with E-state index in [0.29, 0.717) is 25.9 Å². The molecule has 0 atom stereocenters. The van der Waals surface area contributed by atoms with E-state index in [1.807, 2.05) is 4.90 Å². The van der Waals surface area contributed by atoms with Gasteiger partial charge < -0.3 is 20.3 Å². The van der Waals surface area contributed by atoms with E-state index in [9.17, 15) is 22.8 Å². The normalized spacial score (nSPS) is 18.3. The predicted octanol–water partition coefficient (Wildman–Crippen LogP) is 3.11. The van der Waals surface area contributed by atoms with E-state index in [-0.39, 0.29) is 23.6 Å².